The van der Waals surface area contributed by atoms with Gasteiger partial charge in [-0.15, -0.1) is 0 Å². The lowest BCUT2D eigenvalue weighted by Crippen LogP contribution is -2.34. The first-order chi connectivity index (χ1) is 14.3. The zero-order valence-corrected chi connectivity index (χ0v) is 18.0. The second-order valence-electron chi connectivity index (χ2n) is 8.55. The summed E-state index contributed by atoms with van der Waals surface area (Å²) in [5.74, 6) is -1.67. The molecule has 0 saturated heterocycles. The number of nitrogens with zero attached hydrogens (tertiary/aromatic N) is 2. The number of hydrogen-bond donors (Lipinski definition) is 1. The van der Waals surface area contributed by atoms with Crippen LogP contribution in [0.2, 0.25) is 5.02 Å². The van der Waals surface area contributed by atoms with Gasteiger partial charge in [-0.2, -0.15) is 5.10 Å². The summed E-state index contributed by atoms with van der Waals surface area (Å²) in [5, 5.41) is 7.78. The Kier molecular flexibility index (Phi) is 5.78. The van der Waals surface area contributed by atoms with Crippen molar-refractivity contribution in [3.05, 3.63) is 46.2 Å². The largest absolute Gasteiger partial charge is 0.353 e. The first-order valence-corrected chi connectivity index (χ1v) is 10.9. The number of aryl methyl sites for hydroxylation is 2. The van der Waals surface area contributed by atoms with Crippen LogP contribution in [0.1, 0.15) is 61.1 Å². The van der Waals surface area contributed by atoms with Gasteiger partial charge in [-0.25, -0.2) is 4.68 Å². The Morgan fingerprint density at radius 1 is 1.20 bits per heavy atom. The number of hydrogen-bond acceptors (Lipinski definition) is 4. The molecule has 2 aliphatic rings. The quantitative estimate of drug-likeness (QED) is 0.735. The molecule has 2 unspecified atom stereocenters. The Hall–Kier alpha value is -2.47. The van der Waals surface area contributed by atoms with Crippen molar-refractivity contribution in [2.75, 3.05) is 0 Å². The van der Waals surface area contributed by atoms with Crippen molar-refractivity contribution in [1.82, 2.24) is 15.1 Å². The fourth-order valence-electron chi connectivity index (χ4n) is 4.89. The molecule has 0 radical (unpaired) electrons. The molecule has 7 heteroatoms. The number of carbonyl (C=O) groups is 3. The van der Waals surface area contributed by atoms with E-state index in [0.29, 0.717) is 5.02 Å². The molecule has 2 fully saturated rings. The van der Waals surface area contributed by atoms with Gasteiger partial charge in [-0.3, -0.25) is 14.4 Å². The number of carbonyl (C=O) groups excluding carboxylic acids is 3. The van der Waals surface area contributed by atoms with Crippen LogP contribution in [0.5, 0.6) is 0 Å². The van der Waals surface area contributed by atoms with E-state index in [1.54, 1.807) is 17.1 Å². The predicted molar refractivity (Wildman–Crippen MR) is 114 cm³/mol. The molecule has 0 aliphatic heterocycles. The summed E-state index contributed by atoms with van der Waals surface area (Å²) < 4.78 is 1.67. The van der Waals surface area contributed by atoms with E-state index < -0.39 is 11.8 Å². The predicted octanol–water partition coefficient (Wildman–Crippen LogP) is 3.83. The van der Waals surface area contributed by atoms with Crippen molar-refractivity contribution in [1.29, 1.82) is 0 Å². The van der Waals surface area contributed by atoms with E-state index in [0.717, 1.165) is 48.1 Å². The van der Waals surface area contributed by atoms with Crippen LogP contribution < -0.4 is 5.32 Å². The molecule has 0 bridgehead atoms. The van der Waals surface area contributed by atoms with Crippen molar-refractivity contribution in [3.63, 3.8) is 0 Å². The highest BCUT2D eigenvalue weighted by Crippen LogP contribution is 2.38. The lowest BCUT2D eigenvalue weighted by molar-refractivity contribution is -0.129. The van der Waals surface area contributed by atoms with Crippen LogP contribution in [-0.2, 0) is 14.4 Å². The minimum atomic E-state index is -0.787. The average molecular weight is 428 g/mol. The standard InChI is InChI=1S/C23H26ClN3O3/c1-13-7-18(27-12-16(24)11-25-27)8-14(2)21(13)22-19(28)9-15(23(22)30)10-20(29)26-17-5-3-4-6-17/h7-8,11-12,15,17,22H,3-6,9-10H2,1-2H3,(H,26,29). The number of aromatic nitrogens is 2. The minimum Gasteiger partial charge on any atom is -0.353 e. The third-order valence-electron chi connectivity index (χ3n) is 6.29. The van der Waals surface area contributed by atoms with Gasteiger partial charge in [0.05, 0.1) is 16.9 Å². The number of nitrogens with one attached hydrogen (secondary N) is 1. The Balaban J connectivity index is 1.52. The fraction of sp³-hybridized carbons (Fsp3) is 0.478. The molecule has 30 heavy (non-hydrogen) atoms. The normalized spacial score (nSPS) is 22.1. The number of ketones is 2. The van der Waals surface area contributed by atoms with E-state index in [1.165, 1.54) is 0 Å². The van der Waals surface area contributed by atoms with E-state index in [9.17, 15) is 14.4 Å². The van der Waals surface area contributed by atoms with Gasteiger partial charge in [0.2, 0.25) is 5.91 Å². The summed E-state index contributed by atoms with van der Waals surface area (Å²) in [6.07, 6.45) is 7.76. The van der Waals surface area contributed by atoms with Crippen molar-refractivity contribution in [2.45, 2.75) is 64.3 Å². The van der Waals surface area contributed by atoms with E-state index in [2.05, 4.69) is 10.4 Å². The molecule has 2 aromatic rings. The molecule has 158 valence electrons. The van der Waals surface area contributed by atoms with Gasteiger partial charge in [0.25, 0.3) is 0 Å². The van der Waals surface area contributed by atoms with Gasteiger partial charge in [-0.1, -0.05) is 24.4 Å². The molecule has 6 nitrogen and oxygen atoms in total. The van der Waals surface area contributed by atoms with Gasteiger partial charge in [0.15, 0.2) is 5.78 Å². The van der Waals surface area contributed by atoms with Crippen molar-refractivity contribution < 1.29 is 14.4 Å². The molecule has 2 aliphatic carbocycles. The second-order valence-corrected chi connectivity index (χ2v) is 8.99. The van der Waals surface area contributed by atoms with Crippen molar-refractivity contribution in [2.24, 2.45) is 5.92 Å². The summed E-state index contributed by atoms with van der Waals surface area (Å²) in [7, 11) is 0. The van der Waals surface area contributed by atoms with Crippen molar-refractivity contribution in [3.8, 4) is 5.69 Å². The Labute approximate surface area is 181 Å². The lowest BCUT2D eigenvalue weighted by atomic mass is 9.87. The van der Waals surface area contributed by atoms with Crippen LogP contribution in [0.3, 0.4) is 0 Å². The topological polar surface area (TPSA) is 81.1 Å². The van der Waals surface area contributed by atoms with E-state index in [-0.39, 0.29) is 36.4 Å². The third-order valence-corrected chi connectivity index (χ3v) is 6.49. The Morgan fingerprint density at radius 3 is 2.47 bits per heavy atom. The smallest absolute Gasteiger partial charge is 0.220 e. The van der Waals surface area contributed by atoms with E-state index >= 15 is 0 Å². The highest BCUT2D eigenvalue weighted by molar-refractivity contribution is 6.30. The molecule has 1 heterocycles. The zero-order chi connectivity index (χ0) is 21.4. The van der Waals surface area contributed by atoms with Gasteiger partial charge >= 0.3 is 0 Å². The summed E-state index contributed by atoms with van der Waals surface area (Å²) in [4.78, 5) is 38.3. The molecule has 0 spiro atoms. The average Bonchev–Trinajstić information content (AvgIpc) is 3.39. The van der Waals surface area contributed by atoms with E-state index in [4.69, 9.17) is 11.6 Å². The monoisotopic (exact) mass is 427 g/mol. The molecule has 1 aromatic heterocycles. The number of amides is 1. The maximum Gasteiger partial charge on any atom is 0.220 e. The van der Waals surface area contributed by atoms with Crippen LogP contribution in [0.4, 0.5) is 0 Å². The first kappa shape index (κ1) is 20.8. The molecule has 4 rings (SSSR count). The van der Waals surface area contributed by atoms with Crippen LogP contribution in [-0.4, -0.2) is 33.3 Å². The third kappa shape index (κ3) is 4.06. The zero-order valence-electron chi connectivity index (χ0n) is 17.3. The Bertz CT molecular complexity index is 984. The van der Waals surface area contributed by atoms with Crippen LogP contribution in [0, 0.1) is 19.8 Å². The molecular weight excluding hydrogens is 402 g/mol. The molecular formula is C23H26ClN3O3. The van der Waals surface area contributed by atoms with Crippen LogP contribution in [0.25, 0.3) is 5.69 Å². The molecule has 1 amide bonds. The van der Waals surface area contributed by atoms with Crippen LogP contribution >= 0.6 is 11.6 Å². The highest BCUT2D eigenvalue weighted by atomic mass is 35.5. The molecule has 2 saturated carbocycles. The van der Waals surface area contributed by atoms with Gasteiger partial charge in [-0.05, 0) is 55.5 Å². The molecule has 1 aromatic carbocycles. The first-order valence-electron chi connectivity index (χ1n) is 10.5. The number of benzene rings is 1. The van der Waals surface area contributed by atoms with Crippen molar-refractivity contribution >= 4 is 29.1 Å². The molecule has 1 N–H and O–H groups in total. The Morgan fingerprint density at radius 2 is 1.87 bits per heavy atom. The molecule has 2 atom stereocenters. The summed E-state index contributed by atoms with van der Waals surface area (Å²) in [5.41, 5.74) is 3.30. The second kappa shape index (κ2) is 8.34. The van der Waals surface area contributed by atoms with Crippen LogP contribution in [0.15, 0.2) is 24.5 Å². The maximum absolute atomic E-state index is 13.1. The number of halogens is 1. The fourth-order valence-corrected chi connectivity index (χ4v) is 5.03. The maximum atomic E-state index is 13.1. The van der Waals surface area contributed by atoms with Gasteiger partial charge in [0, 0.05) is 31.0 Å². The van der Waals surface area contributed by atoms with E-state index in [1.807, 2.05) is 26.0 Å². The summed E-state index contributed by atoms with van der Waals surface area (Å²) in [6.45, 7) is 3.80. The SMILES string of the molecule is Cc1cc(-n2cc(Cl)cn2)cc(C)c1C1C(=O)CC(CC(=O)NC2CCCC2)C1=O. The number of Topliss-reactive ketones (excluding diaryl/α,β-unsaturated/α-hetero) is 2. The summed E-state index contributed by atoms with van der Waals surface area (Å²) in [6, 6.07) is 4.03. The lowest BCUT2D eigenvalue weighted by Gasteiger charge is -2.17. The summed E-state index contributed by atoms with van der Waals surface area (Å²) >= 11 is 5.97. The number of rotatable bonds is 5. The van der Waals surface area contributed by atoms with Gasteiger partial charge in [0.1, 0.15) is 11.7 Å². The minimum absolute atomic E-state index is 0.0968. The van der Waals surface area contributed by atoms with Gasteiger partial charge < -0.3 is 5.32 Å². The highest BCUT2D eigenvalue weighted by Gasteiger charge is 2.44.